The van der Waals surface area contributed by atoms with Crippen molar-refractivity contribution in [2.45, 2.75) is 31.5 Å². The first kappa shape index (κ1) is 25.0. The standard InChI is InChI=1S/C28H30N4O4/c1-3-16-29-19-25-31(24(28(29)36)18-22-10-13-23(33)14-11-22)27(35)20-30(17-4-2)32(25)26(34)15-12-21-8-6-5-7-9-21/h1,4-11,13-14,24-25,33H,2,12,15-20H2/t24-,25-/m0/s1. The highest BCUT2D eigenvalue weighted by Gasteiger charge is 2.50. The highest BCUT2D eigenvalue weighted by atomic mass is 16.3. The maximum atomic E-state index is 13.6. The van der Waals surface area contributed by atoms with E-state index < -0.39 is 12.2 Å². The number of carbonyl (C=O) groups excluding carboxylic acids is 3. The van der Waals surface area contributed by atoms with Crippen LogP contribution in [0.15, 0.2) is 67.3 Å². The number of rotatable bonds is 8. The van der Waals surface area contributed by atoms with Crippen molar-refractivity contribution in [2.24, 2.45) is 0 Å². The van der Waals surface area contributed by atoms with E-state index in [4.69, 9.17) is 6.42 Å². The lowest BCUT2D eigenvalue weighted by Gasteiger charge is -2.55. The van der Waals surface area contributed by atoms with E-state index in [1.807, 2.05) is 30.3 Å². The summed E-state index contributed by atoms with van der Waals surface area (Å²) in [5.41, 5.74) is 1.83. The van der Waals surface area contributed by atoms with E-state index in [-0.39, 0.29) is 55.9 Å². The summed E-state index contributed by atoms with van der Waals surface area (Å²) >= 11 is 0. The molecule has 1 N–H and O–H groups in total. The fraction of sp³-hybridized carbons (Fsp3) is 0.321. The van der Waals surface area contributed by atoms with Gasteiger partial charge in [-0.05, 0) is 29.7 Å². The second-order valence-corrected chi connectivity index (χ2v) is 8.95. The average Bonchev–Trinajstić information content (AvgIpc) is 2.87. The number of phenols is 1. The molecule has 8 heteroatoms. The van der Waals surface area contributed by atoms with Gasteiger partial charge in [0.2, 0.25) is 17.7 Å². The Bertz CT molecular complexity index is 1160. The van der Waals surface area contributed by atoms with Gasteiger partial charge in [0, 0.05) is 19.4 Å². The molecule has 2 aromatic carbocycles. The quantitative estimate of drug-likeness (QED) is 0.455. The predicted octanol–water partition coefficient (Wildman–Crippen LogP) is 1.81. The third kappa shape index (κ3) is 5.26. The van der Waals surface area contributed by atoms with Crippen molar-refractivity contribution in [3.63, 3.8) is 0 Å². The fourth-order valence-electron chi connectivity index (χ4n) is 4.88. The number of nitrogens with zero attached hydrogens (tertiary/aromatic N) is 4. The number of amides is 3. The summed E-state index contributed by atoms with van der Waals surface area (Å²) in [7, 11) is 0. The lowest BCUT2D eigenvalue weighted by molar-refractivity contribution is -0.204. The number of benzene rings is 2. The Morgan fingerprint density at radius 3 is 2.50 bits per heavy atom. The van der Waals surface area contributed by atoms with Gasteiger partial charge in [-0.2, -0.15) is 0 Å². The number of hydrogen-bond donors (Lipinski definition) is 1. The van der Waals surface area contributed by atoms with Gasteiger partial charge in [-0.25, -0.2) is 10.0 Å². The van der Waals surface area contributed by atoms with Crippen LogP contribution in [0.25, 0.3) is 0 Å². The zero-order chi connectivity index (χ0) is 25.7. The normalized spacial score (nSPS) is 20.1. The van der Waals surface area contributed by atoms with E-state index in [9.17, 15) is 19.5 Å². The maximum Gasteiger partial charge on any atom is 0.246 e. The zero-order valence-electron chi connectivity index (χ0n) is 20.1. The van der Waals surface area contributed by atoms with Crippen LogP contribution in [0.5, 0.6) is 5.75 Å². The number of hydrazine groups is 1. The summed E-state index contributed by atoms with van der Waals surface area (Å²) in [5.74, 6) is 2.03. The van der Waals surface area contributed by atoms with Gasteiger partial charge in [0.25, 0.3) is 0 Å². The Morgan fingerprint density at radius 1 is 1.11 bits per heavy atom. The molecule has 2 fully saturated rings. The molecule has 0 unspecified atom stereocenters. The Labute approximate surface area is 211 Å². The molecule has 0 bridgehead atoms. The number of aryl methyl sites for hydroxylation is 1. The number of aromatic hydroxyl groups is 1. The molecule has 0 spiro atoms. The van der Waals surface area contributed by atoms with E-state index in [2.05, 4.69) is 12.5 Å². The van der Waals surface area contributed by atoms with Gasteiger partial charge in [-0.3, -0.25) is 14.4 Å². The van der Waals surface area contributed by atoms with Crippen molar-refractivity contribution < 1.29 is 19.5 Å². The largest absolute Gasteiger partial charge is 0.508 e. The van der Waals surface area contributed by atoms with Crippen LogP contribution in [0.1, 0.15) is 17.5 Å². The fourth-order valence-corrected chi connectivity index (χ4v) is 4.88. The van der Waals surface area contributed by atoms with Gasteiger partial charge in [-0.15, -0.1) is 13.0 Å². The molecular formula is C28H30N4O4. The van der Waals surface area contributed by atoms with E-state index in [0.717, 1.165) is 11.1 Å². The van der Waals surface area contributed by atoms with Crippen LogP contribution in [-0.2, 0) is 27.2 Å². The summed E-state index contributed by atoms with van der Waals surface area (Å²) in [6, 6.07) is 15.5. The molecule has 36 heavy (non-hydrogen) atoms. The number of carbonyl (C=O) groups is 3. The molecule has 2 aliphatic rings. The summed E-state index contributed by atoms with van der Waals surface area (Å²) in [6.45, 7) is 4.29. The maximum absolute atomic E-state index is 13.6. The van der Waals surface area contributed by atoms with E-state index in [1.54, 1.807) is 45.3 Å². The SMILES string of the molecule is C#CCN1C[C@H]2N(C(=O)CN(CC=C)N2C(=O)CCc2ccccc2)[C@@H](Cc2ccc(O)cc2)C1=O. The summed E-state index contributed by atoms with van der Waals surface area (Å²) in [6.07, 6.45) is 7.59. The Kier molecular flexibility index (Phi) is 7.71. The van der Waals surface area contributed by atoms with E-state index in [0.29, 0.717) is 13.0 Å². The van der Waals surface area contributed by atoms with Crippen molar-refractivity contribution >= 4 is 17.7 Å². The third-order valence-corrected chi connectivity index (χ3v) is 6.54. The van der Waals surface area contributed by atoms with Crippen molar-refractivity contribution in [1.82, 2.24) is 19.8 Å². The molecule has 2 aromatic rings. The number of piperazine rings is 1. The van der Waals surface area contributed by atoms with Gasteiger partial charge in [-0.1, -0.05) is 54.5 Å². The highest BCUT2D eigenvalue weighted by Crippen LogP contribution is 2.29. The van der Waals surface area contributed by atoms with Crippen LogP contribution >= 0.6 is 0 Å². The lowest BCUT2D eigenvalue weighted by atomic mass is 9.98. The molecule has 0 aromatic heterocycles. The number of hydrogen-bond acceptors (Lipinski definition) is 5. The molecule has 8 nitrogen and oxygen atoms in total. The Morgan fingerprint density at radius 2 is 1.83 bits per heavy atom. The number of phenolic OH excluding ortho intramolecular Hbond substituents is 1. The third-order valence-electron chi connectivity index (χ3n) is 6.54. The van der Waals surface area contributed by atoms with Crippen LogP contribution in [0, 0.1) is 12.3 Å². The van der Waals surface area contributed by atoms with Crippen LogP contribution in [0.3, 0.4) is 0 Å². The zero-order valence-corrected chi connectivity index (χ0v) is 20.1. The van der Waals surface area contributed by atoms with E-state index in [1.165, 1.54) is 4.90 Å². The summed E-state index contributed by atoms with van der Waals surface area (Å²) < 4.78 is 0. The molecule has 186 valence electrons. The number of fused-ring (bicyclic) bond motifs is 1. The van der Waals surface area contributed by atoms with Gasteiger partial charge in [0.1, 0.15) is 18.0 Å². The molecule has 4 rings (SSSR count). The summed E-state index contributed by atoms with van der Waals surface area (Å²) in [5, 5.41) is 13.0. The molecular weight excluding hydrogens is 456 g/mol. The second-order valence-electron chi connectivity index (χ2n) is 8.95. The minimum atomic E-state index is -0.815. The first-order valence-corrected chi connectivity index (χ1v) is 12.0. The summed E-state index contributed by atoms with van der Waals surface area (Å²) in [4.78, 5) is 43.5. The van der Waals surface area contributed by atoms with Crippen molar-refractivity contribution in [1.29, 1.82) is 0 Å². The first-order chi connectivity index (χ1) is 17.4. The van der Waals surface area contributed by atoms with Gasteiger partial charge in [0.15, 0.2) is 0 Å². The molecule has 2 heterocycles. The van der Waals surface area contributed by atoms with Gasteiger partial charge >= 0.3 is 0 Å². The molecule has 3 amide bonds. The van der Waals surface area contributed by atoms with Crippen molar-refractivity contribution in [3.05, 3.63) is 78.4 Å². The molecule has 2 atom stereocenters. The van der Waals surface area contributed by atoms with E-state index >= 15 is 0 Å². The van der Waals surface area contributed by atoms with Crippen LogP contribution < -0.4 is 0 Å². The Balaban J connectivity index is 1.66. The second kappa shape index (κ2) is 11.1. The highest BCUT2D eigenvalue weighted by molar-refractivity contribution is 5.92. The average molecular weight is 487 g/mol. The van der Waals surface area contributed by atoms with Gasteiger partial charge in [0.05, 0.1) is 19.6 Å². The number of terminal acetylenes is 1. The van der Waals surface area contributed by atoms with Crippen molar-refractivity contribution in [2.75, 3.05) is 26.2 Å². The molecule has 2 aliphatic heterocycles. The van der Waals surface area contributed by atoms with Crippen molar-refractivity contribution in [3.8, 4) is 18.1 Å². The van der Waals surface area contributed by atoms with Crippen LogP contribution in [0.2, 0.25) is 0 Å². The molecule has 0 radical (unpaired) electrons. The predicted molar refractivity (Wildman–Crippen MR) is 135 cm³/mol. The van der Waals surface area contributed by atoms with Crippen LogP contribution in [0.4, 0.5) is 0 Å². The topological polar surface area (TPSA) is 84.4 Å². The van der Waals surface area contributed by atoms with Gasteiger partial charge < -0.3 is 14.9 Å². The first-order valence-electron chi connectivity index (χ1n) is 12.0. The minimum Gasteiger partial charge on any atom is -0.508 e. The Hall–Kier alpha value is -4.09. The minimum absolute atomic E-state index is 0.0336. The lowest BCUT2D eigenvalue weighted by Crippen LogP contribution is -2.76. The monoisotopic (exact) mass is 486 g/mol. The molecule has 0 aliphatic carbocycles. The molecule has 2 saturated heterocycles. The van der Waals surface area contributed by atoms with Crippen LogP contribution in [-0.4, -0.2) is 81.0 Å². The molecule has 0 saturated carbocycles. The smallest absolute Gasteiger partial charge is 0.246 e.